The summed E-state index contributed by atoms with van der Waals surface area (Å²) in [6.45, 7) is 3.78. The van der Waals surface area contributed by atoms with Crippen molar-refractivity contribution < 1.29 is 23.8 Å². The molecule has 0 saturated carbocycles. The van der Waals surface area contributed by atoms with Gasteiger partial charge < -0.3 is 14.6 Å². The maximum absolute atomic E-state index is 11.7. The van der Waals surface area contributed by atoms with Gasteiger partial charge in [-0.05, 0) is 20.0 Å². The van der Waals surface area contributed by atoms with Gasteiger partial charge >= 0.3 is 12.2 Å². The molecular formula is C12H16O5. The Labute approximate surface area is 100 Å². The van der Waals surface area contributed by atoms with Crippen molar-refractivity contribution in [3.63, 3.8) is 0 Å². The second kappa shape index (κ2) is 6.73. The van der Waals surface area contributed by atoms with Gasteiger partial charge in [0.25, 0.3) is 6.29 Å². The van der Waals surface area contributed by atoms with Gasteiger partial charge in [0.15, 0.2) is 0 Å². The summed E-state index contributed by atoms with van der Waals surface area (Å²) in [4.78, 5) is 11.7. The Morgan fingerprint density at radius 1 is 1.41 bits per heavy atom. The molecule has 0 aromatic rings. The zero-order valence-electron chi connectivity index (χ0n) is 10.0. The lowest BCUT2D eigenvalue weighted by atomic mass is 10.0. The van der Waals surface area contributed by atoms with Crippen molar-refractivity contribution in [2.24, 2.45) is 0 Å². The molecule has 5 heteroatoms. The zero-order chi connectivity index (χ0) is 12.7. The third kappa shape index (κ3) is 3.62. The van der Waals surface area contributed by atoms with Crippen molar-refractivity contribution in [3.05, 3.63) is 23.4 Å². The van der Waals surface area contributed by atoms with Crippen LogP contribution in [-0.2, 0) is 18.7 Å². The van der Waals surface area contributed by atoms with Crippen LogP contribution in [0.3, 0.4) is 0 Å². The van der Waals surface area contributed by atoms with E-state index in [4.69, 9.17) is 13.9 Å². The summed E-state index contributed by atoms with van der Waals surface area (Å²) < 4.78 is 14.7. The lowest BCUT2D eigenvalue weighted by Crippen LogP contribution is -2.21. The molecule has 0 aliphatic carbocycles. The summed E-state index contributed by atoms with van der Waals surface area (Å²) in [7, 11) is 0. The molecule has 17 heavy (non-hydrogen) atoms. The predicted octanol–water partition coefficient (Wildman–Crippen LogP) is 0.570. The van der Waals surface area contributed by atoms with Gasteiger partial charge in [0, 0.05) is 0 Å². The molecule has 5 nitrogen and oxygen atoms in total. The minimum atomic E-state index is -0.664. The van der Waals surface area contributed by atoms with E-state index in [-0.39, 0.29) is 18.8 Å². The lowest BCUT2D eigenvalue weighted by molar-refractivity contribution is -0.372. The van der Waals surface area contributed by atoms with E-state index in [0.717, 1.165) is 0 Å². The Morgan fingerprint density at radius 2 is 2.12 bits per heavy atom. The van der Waals surface area contributed by atoms with E-state index in [9.17, 15) is 9.90 Å². The number of carbonyl (C=O) groups is 1. The molecule has 0 N–H and O–H groups in total. The molecule has 0 unspecified atom stereocenters. The van der Waals surface area contributed by atoms with Crippen LogP contribution < -0.4 is 5.11 Å². The van der Waals surface area contributed by atoms with Crippen molar-refractivity contribution in [1.82, 2.24) is 0 Å². The molecule has 1 heterocycles. The standard InChI is InChI=1S/C12H16O5/c1-3-16-11(13)10(12(14)17-4-2)9-6-5-7-15-8-9/h7-8H,3-6H2,1-2H3. The molecule has 0 radical (unpaired) electrons. The van der Waals surface area contributed by atoms with Gasteiger partial charge in [-0.25, -0.2) is 9.22 Å². The lowest BCUT2D eigenvalue weighted by Gasteiger charge is -2.18. The van der Waals surface area contributed by atoms with E-state index in [2.05, 4.69) is 0 Å². The third-order valence-corrected chi connectivity index (χ3v) is 2.12. The summed E-state index contributed by atoms with van der Waals surface area (Å²) in [5, 5.41) is 11.7. The summed E-state index contributed by atoms with van der Waals surface area (Å²) in [5.41, 5.74) is 0.450. The van der Waals surface area contributed by atoms with E-state index in [1.807, 2.05) is 0 Å². The summed E-state index contributed by atoms with van der Waals surface area (Å²) in [6, 6.07) is 0. The monoisotopic (exact) mass is 240 g/mol. The first kappa shape index (κ1) is 13.3. The van der Waals surface area contributed by atoms with Gasteiger partial charge in [0.2, 0.25) is 0 Å². The van der Waals surface area contributed by atoms with Gasteiger partial charge in [-0.3, -0.25) is 0 Å². The average Bonchev–Trinajstić information content (AvgIpc) is 2.31. The molecule has 1 aliphatic heterocycles. The first-order valence-electron chi connectivity index (χ1n) is 5.58. The Kier molecular flexibility index (Phi) is 5.26. The van der Waals surface area contributed by atoms with Crippen molar-refractivity contribution >= 4 is 12.3 Å². The molecule has 1 rings (SSSR count). The number of carbonyl (C=O) groups excluding carboxylic acids is 2. The molecule has 0 atom stereocenters. The van der Waals surface area contributed by atoms with Crippen molar-refractivity contribution in [2.75, 3.05) is 13.2 Å². The fourth-order valence-electron chi connectivity index (χ4n) is 1.41. The summed E-state index contributed by atoms with van der Waals surface area (Å²) >= 11 is 0. The molecule has 0 aromatic carbocycles. The average molecular weight is 240 g/mol. The fourth-order valence-corrected chi connectivity index (χ4v) is 1.41. The Balaban J connectivity index is 3.01. The molecule has 0 aromatic heterocycles. The van der Waals surface area contributed by atoms with Crippen molar-refractivity contribution in [3.8, 4) is 0 Å². The van der Waals surface area contributed by atoms with Gasteiger partial charge in [0.1, 0.15) is 0 Å². The minimum absolute atomic E-state index is 0.0678. The van der Waals surface area contributed by atoms with E-state index < -0.39 is 11.9 Å². The summed E-state index contributed by atoms with van der Waals surface area (Å²) in [6.07, 6.45) is 4.20. The molecule has 0 fully saturated rings. The van der Waals surface area contributed by atoms with Gasteiger partial charge in [-0.2, -0.15) is 0 Å². The van der Waals surface area contributed by atoms with Crippen LogP contribution in [0.5, 0.6) is 0 Å². The van der Waals surface area contributed by atoms with E-state index in [1.165, 1.54) is 6.26 Å². The molecule has 0 bridgehead atoms. The molecule has 0 spiro atoms. The van der Waals surface area contributed by atoms with Gasteiger partial charge in [-0.15, -0.1) is 0 Å². The van der Waals surface area contributed by atoms with Crippen LogP contribution in [0.4, 0.5) is 0 Å². The number of hydrogen-bond donors (Lipinski definition) is 0. The molecule has 1 aliphatic rings. The highest BCUT2D eigenvalue weighted by atomic mass is 16.6. The number of esters is 1. The van der Waals surface area contributed by atoms with Crippen LogP contribution in [0, 0.1) is 0 Å². The van der Waals surface area contributed by atoms with Crippen molar-refractivity contribution in [1.29, 1.82) is 0 Å². The Bertz CT molecular complexity index is 365. The molecule has 0 amide bonds. The molecule has 94 valence electrons. The van der Waals surface area contributed by atoms with Crippen LogP contribution in [0.2, 0.25) is 0 Å². The quantitative estimate of drug-likeness (QED) is 0.231. The predicted molar refractivity (Wildman–Crippen MR) is 58.7 cm³/mol. The maximum atomic E-state index is 11.7. The Hall–Kier alpha value is -1.78. The van der Waals surface area contributed by atoms with E-state index in [1.54, 1.807) is 20.1 Å². The smallest absolute Gasteiger partial charge is 0.340 e. The molecular weight excluding hydrogens is 224 g/mol. The first-order valence-corrected chi connectivity index (χ1v) is 5.58. The van der Waals surface area contributed by atoms with E-state index >= 15 is 0 Å². The molecule has 0 saturated heterocycles. The normalized spacial score (nSPS) is 16.0. The zero-order valence-corrected chi connectivity index (χ0v) is 10.0. The summed E-state index contributed by atoms with van der Waals surface area (Å²) in [5.74, 6) is -1.33. The maximum Gasteiger partial charge on any atom is 0.340 e. The first-order chi connectivity index (χ1) is 8.20. The fraction of sp³-hybridized carbons (Fsp3) is 0.500. The Morgan fingerprint density at radius 3 is 2.65 bits per heavy atom. The number of aldehydes is 1. The second-order valence-electron chi connectivity index (χ2n) is 3.30. The number of hydrogen-bond acceptors (Lipinski definition) is 4. The number of rotatable bonds is 5. The van der Waals surface area contributed by atoms with Crippen LogP contribution >= 0.6 is 0 Å². The SMILES string of the molecule is CCOC(=O)/C(C1=C[O+]=CCC1)=C(\[O-])OCC. The largest absolute Gasteiger partial charge is 0.613 e. The topological polar surface area (TPSA) is 69.9 Å². The van der Waals surface area contributed by atoms with Crippen LogP contribution in [0.1, 0.15) is 26.7 Å². The second-order valence-corrected chi connectivity index (χ2v) is 3.30. The van der Waals surface area contributed by atoms with Gasteiger partial charge in [-0.1, -0.05) is 6.92 Å². The van der Waals surface area contributed by atoms with Gasteiger partial charge in [0.05, 0.1) is 30.1 Å². The van der Waals surface area contributed by atoms with Crippen LogP contribution in [0.25, 0.3) is 0 Å². The highest BCUT2D eigenvalue weighted by Gasteiger charge is 2.22. The van der Waals surface area contributed by atoms with Crippen LogP contribution in [0.15, 0.2) is 23.4 Å². The third-order valence-electron chi connectivity index (χ3n) is 2.12. The number of ether oxygens (including phenoxy) is 2. The minimum Gasteiger partial charge on any atom is -0.613 e. The highest BCUT2D eigenvalue weighted by molar-refractivity contribution is 5.93. The van der Waals surface area contributed by atoms with E-state index in [0.29, 0.717) is 18.4 Å². The van der Waals surface area contributed by atoms with Crippen molar-refractivity contribution in [2.45, 2.75) is 26.7 Å². The van der Waals surface area contributed by atoms with Crippen LogP contribution in [-0.4, -0.2) is 25.5 Å². The highest BCUT2D eigenvalue weighted by Crippen LogP contribution is 2.21.